The number of nitrogens with one attached hydrogen (secondary N) is 1. The highest BCUT2D eigenvalue weighted by Crippen LogP contribution is 2.07. The summed E-state index contributed by atoms with van der Waals surface area (Å²) in [6.07, 6.45) is 3.46. The number of aryl methyl sites for hydroxylation is 1. The highest BCUT2D eigenvalue weighted by atomic mass is 19.1. The van der Waals surface area contributed by atoms with Crippen LogP contribution in [0.3, 0.4) is 0 Å². The first-order valence-corrected chi connectivity index (χ1v) is 10.3. The molecule has 6 nitrogen and oxygen atoms in total. The lowest BCUT2D eigenvalue weighted by Gasteiger charge is -2.23. The van der Waals surface area contributed by atoms with E-state index in [-0.39, 0.29) is 5.82 Å². The van der Waals surface area contributed by atoms with Crippen LogP contribution in [0.15, 0.2) is 65.9 Å². The minimum absolute atomic E-state index is 0.226. The Morgan fingerprint density at radius 1 is 1.13 bits per heavy atom. The molecule has 0 aliphatic rings. The standard InChI is InChI=1S/C23H29FN6/c1-3-22-28-27-18-30(22)15-14-26-23(25-13-12-19-8-5-4-6-9-19)29(2)17-20-10-7-11-21(24)16-20/h4-11,16,18H,3,12-15,17H2,1-2H3,(H,25,26). The number of rotatable bonds is 9. The Morgan fingerprint density at radius 3 is 2.70 bits per heavy atom. The highest BCUT2D eigenvalue weighted by Gasteiger charge is 2.09. The summed E-state index contributed by atoms with van der Waals surface area (Å²) in [6, 6.07) is 17.0. The number of hydrogen-bond acceptors (Lipinski definition) is 3. The molecule has 0 amide bonds. The quantitative estimate of drug-likeness (QED) is 0.436. The van der Waals surface area contributed by atoms with Gasteiger partial charge < -0.3 is 14.8 Å². The topological polar surface area (TPSA) is 58.3 Å². The van der Waals surface area contributed by atoms with E-state index in [4.69, 9.17) is 4.99 Å². The fourth-order valence-electron chi connectivity index (χ4n) is 3.26. The predicted molar refractivity (Wildman–Crippen MR) is 118 cm³/mol. The van der Waals surface area contributed by atoms with Crippen molar-refractivity contribution in [3.63, 3.8) is 0 Å². The zero-order valence-corrected chi connectivity index (χ0v) is 17.6. The molecule has 0 saturated heterocycles. The van der Waals surface area contributed by atoms with E-state index in [1.165, 1.54) is 11.6 Å². The SMILES string of the molecule is CCc1nncn1CCNC(=NCCc1ccccc1)N(C)Cc1cccc(F)c1. The molecule has 0 atom stereocenters. The maximum absolute atomic E-state index is 13.6. The Bertz CT molecular complexity index is 938. The molecule has 3 aromatic rings. The Kier molecular flexibility index (Phi) is 7.94. The van der Waals surface area contributed by atoms with Crippen molar-refractivity contribution in [3.05, 3.63) is 83.7 Å². The van der Waals surface area contributed by atoms with Crippen LogP contribution in [0.4, 0.5) is 4.39 Å². The Labute approximate surface area is 177 Å². The van der Waals surface area contributed by atoms with Gasteiger partial charge in [0.05, 0.1) is 0 Å². The maximum Gasteiger partial charge on any atom is 0.194 e. The average Bonchev–Trinajstić information content (AvgIpc) is 3.21. The third-order valence-electron chi connectivity index (χ3n) is 4.82. The van der Waals surface area contributed by atoms with E-state index in [0.717, 1.165) is 36.7 Å². The zero-order chi connectivity index (χ0) is 21.2. The number of benzene rings is 2. The summed E-state index contributed by atoms with van der Waals surface area (Å²) in [5, 5.41) is 11.5. The first kappa shape index (κ1) is 21.5. The molecule has 0 saturated carbocycles. The van der Waals surface area contributed by atoms with Crippen molar-refractivity contribution in [1.82, 2.24) is 25.0 Å². The molecule has 0 aliphatic carbocycles. The second kappa shape index (κ2) is 11.1. The zero-order valence-electron chi connectivity index (χ0n) is 17.6. The number of guanidine groups is 1. The summed E-state index contributed by atoms with van der Waals surface area (Å²) in [5.41, 5.74) is 2.16. The smallest absolute Gasteiger partial charge is 0.194 e. The van der Waals surface area contributed by atoms with Crippen LogP contribution in [0.25, 0.3) is 0 Å². The van der Waals surface area contributed by atoms with Crippen LogP contribution < -0.4 is 5.32 Å². The molecule has 0 bridgehead atoms. The van der Waals surface area contributed by atoms with Crippen LogP contribution in [0, 0.1) is 5.82 Å². The lowest BCUT2D eigenvalue weighted by molar-refractivity contribution is 0.468. The molecule has 0 fully saturated rings. The summed E-state index contributed by atoms with van der Waals surface area (Å²) < 4.78 is 15.6. The number of halogens is 1. The second-order valence-corrected chi connectivity index (χ2v) is 7.15. The fourth-order valence-corrected chi connectivity index (χ4v) is 3.26. The van der Waals surface area contributed by atoms with E-state index in [1.54, 1.807) is 18.5 Å². The number of aliphatic imine (C=N–C) groups is 1. The van der Waals surface area contributed by atoms with E-state index < -0.39 is 0 Å². The average molecular weight is 409 g/mol. The molecule has 2 aromatic carbocycles. The lowest BCUT2D eigenvalue weighted by atomic mass is 10.2. The van der Waals surface area contributed by atoms with Gasteiger partial charge in [-0.3, -0.25) is 4.99 Å². The molecule has 1 aromatic heterocycles. The van der Waals surface area contributed by atoms with Crippen molar-refractivity contribution in [2.24, 2.45) is 4.99 Å². The monoisotopic (exact) mass is 408 g/mol. The van der Waals surface area contributed by atoms with E-state index in [2.05, 4.69) is 34.6 Å². The van der Waals surface area contributed by atoms with Gasteiger partial charge >= 0.3 is 0 Å². The van der Waals surface area contributed by atoms with Crippen molar-refractivity contribution >= 4 is 5.96 Å². The summed E-state index contributed by atoms with van der Waals surface area (Å²) in [7, 11) is 1.97. The van der Waals surface area contributed by atoms with Gasteiger partial charge in [0.15, 0.2) is 5.96 Å². The molecular formula is C23H29FN6. The number of nitrogens with zero attached hydrogens (tertiary/aromatic N) is 5. The van der Waals surface area contributed by atoms with Gasteiger partial charge in [-0.2, -0.15) is 0 Å². The first-order chi connectivity index (χ1) is 14.7. The van der Waals surface area contributed by atoms with Crippen molar-refractivity contribution in [2.45, 2.75) is 32.9 Å². The van der Waals surface area contributed by atoms with Gasteiger partial charge in [0, 0.05) is 39.6 Å². The fraction of sp³-hybridized carbons (Fsp3) is 0.348. The molecule has 7 heteroatoms. The van der Waals surface area contributed by atoms with Gasteiger partial charge in [-0.25, -0.2) is 4.39 Å². The van der Waals surface area contributed by atoms with Crippen molar-refractivity contribution in [1.29, 1.82) is 0 Å². The molecule has 0 spiro atoms. The molecule has 1 N–H and O–H groups in total. The summed E-state index contributed by atoms with van der Waals surface area (Å²) >= 11 is 0. The van der Waals surface area contributed by atoms with Crippen LogP contribution in [-0.2, 0) is 25.9 Å². The van der Waals surface area contributed by atoms with E-state index in [0.29, 0.717) is 19.6 Å². The molecule has 3 rings (SSSR count). The van der Waals surface area contributed by atoms with Gasteiger partial charge in [-0.1, -0.05) is 49.4 Å². The Balaban J connectivity index is 1.64. The summed E-state index contributed by atoms with van der Waals surface area (Å²) in [4.78, 5) is 6.82. The van der Waals surface area contributed by atoms with Gasteiger partial charge in [0.1, 0.15) is 18.0 Å². The van der Waals surface area contributed by atoms with Crippen LogP contribution in [0.1, 0.15) is 23.9 Å². The molecule has 1 heterocycles. The van der Waals surface area contributed by atoms with Gasteiger partial charge in [0.25, 0.3) is 0 Å². The van der Waals surface area contributed by atoms with E-state index >= 15 is 0 Å². The van der Waals surface area contributed by atoms with Gasteiger partial charge in [-0.15, -0.1) is 10.2 Å². The third-order valence-corrected chi connectivity index (χ3v) is 4.82. The lowest BCUT2D eigenvalue weighted by Crippen LogP contribution is -2.40. The van der Waals surface area contributed by atoms with Crippen LogP contribution in [0.5, 0.6) is 0 Å². The minimum atomic E-state index is -0.226. The Hall–Kier alpha value is -3.22. The highest BCUT2D eigenvalue weighted by molar-refractivity contribution is 5.79. The van der Waals surface area contributed by atoms with E-state index in [1.807, 2.05) is 40.8 Å². The normalized spacial score (nSPS) is 11.5. The number of hydrogen-bond donors (Lipinski definition) is 1. The van der Waals surface area contributed by atoms with Crippen molar-refractivity contribution in [2.75, 3.05) is 20.1 Å². The molecule has 158 valence electrons. The molecule has 30 heavy (non-hydrogen) atoms. The summed E-state index contributed by atoms with van der Waals surface area (Å²) in [6.45, 7) is 4.76. The van der Waals surface area contributed by atoms with Gasteiger partial charge in [0.2, 0.25) is 0 Å². The van der Waals surface area contributed by atoms with E-state index in [9.17, 15) is 4.39 Å². The van der Waals surface area contributed by atoms with Gasteiger partial charge in [-0.05, 0) is 29.7 Å². The maximum atomic E-state index is 13.6. The minimum Gasteiger partial charge on any atom is -0.354 e. The largest absolute Gasteiger partial charge is 0.354 e. The molecule has 0 unspecified atom stereocenters. The third kappa shape index (κ3) is 6.40. The van der Waals surface area contributed by atoms with Crippen molar-refractivity contribution in [3.8, 4) is 0 Å². The van der Waals surface area contributed by atoms with Crippen molar-refractivity contribution < 1.29 is 4.39 Å². The molecular weight excluding hydrogens is 379 g/mol. The first-order valence-electron chi connectivity index (χ1n) is 10.3. The molecule has 0 radical (unpaired) electrons. The van der Waals surface area contributed by atoms with Crippen LogP contribution in [0.2, 0.25) is 0 Å². The second-order valence-electron chi connectivity index (χ2n) is 7.15. The number of aromatic nitrogens is 3. The predicted octanol–water partition coefficient (Wildman–Crippen LogP) is 3.30. The van der Waals surface area contributed by atoms with Crippen LogP contribution in [-0.4, -0.2) is 45.8 Å². The summed E-state index contributed by atoms with van der Waals surface area (Å²) in [5.74, 6) is 1.53. The Morgan fingerprint density at radius 2 is 1.93 bits per heavy atom. The van der Waals surface area contributed by atoms with Crippen LogP contribution >= 0.6 is 0 Å². The molecule has 0 aliphatic heterocycles.